The predicted molar refractivity (Wildman–Crippen MR) is 69.9 cm³/mol. The van der Waals surface area contributed by atoms with Gasteiger partial charge in [-0.15, -0.1) is 0 Å². The lowest BCUT2D eigenvalue weighted by molar-refractivity contribution is 0.267. The van der Waals surface area contributed by atoms with E-state index in [9.17, 15) is 8.42 Å². The van der Waals surface area contributed by atoms with Gasteiger partial charge in [0, 0.05) is 18.6 Å². The van der Waals surface area contributed by atoms with Crippen LogP contribution in [0.1, 0.15) is 26.7 Å². The number of hydrogen-bond acceptors (Lipinski definition) is 4. The number of likely N-dealkylation sites (tertiary alicyclic amines) is 1. The van der Waals surface area contributed by atoms with Crippen LogP contribution in [0.4, 0.5) is 0 Å². The number of sulfone groups is 1. The summed E-state index contributed by atoms with van der Waals surface area (Å²) in [7, 11) is -2.72. The van der Waals surface area contributed by atoms with Gasteiger partial charge in [0.25, 0.3) is 0 Å². The second kappa shape index (κ2) is 5.24. The molecule has 0 aromatic carbocycles. The summed E-state index contributed by atoms with van der Waals surface area (Å²) in [6, 6.07) is 1.18. The molecule has 2 unspecified atom stereocenters. The van der Waals surface area contributed by atoms with Crippen LogP contribution in [0.25, 0.3) is 0 Å². The van der Waals surface area contributed by atoms with Gasteiger partial charge >= 0.3 is 0 Å². The van der Waals surface area contributed by atoms with Crippen molar-refractivity contribution in [2.45, 2.75) is 38.8 Å². The monoisotopic (exact) mass is 260 g/mol. The summed E-state index contributed by atoms with van der Waals surface area (Å²) in [6.45, 7) is 7.60. The molecule has 5 heteroatoms. The molecule has 2 fully saturated rings. The van der Waals surface area contributed by atoms with Crippen molar-refractivity contribution in [2.24, 2.45) is 5.92 Å². The van der Waals surface area contributed by atoms with E-state index in [0.29, 0.717) is 29.5 Å². The largest absolute Gasteiger partial charge is 0.312 e. The zero-order valence-corrected chi connectivity index (χ0v) is 11.7. The van der Waals surface area contributed by atoms with E-state index in [2.05, 4.69) is 24.1 Å². The molecule has 2 atom stereocenters. The third-order valence-corrected chi connectivity index (χ3v) is 5.81. The van der Waals surface area contributed by atoms with Crippen LogP contribution >= 0.6 is 0 Å². The van der Waals surface area contributed by atoms with Gasteiger partial charge in [-0.1, -0.05) is 0 Å². The van der Waals surface area contributed by atoms with E-state index in [1.165, 1.54) is 6.42 Å². The molecule has 1 N–H and O–H groups in total. The maximum Gasteiger partial charge on any atom is 0.150 e. The zero-order valence-electron chi connectivity index (χ0n) is 10.9. The van der Waals surface area contributed by atoms with E-state index < -0.39 is 9.84 Å². The number of rotatable bonds is 4. The minimum absolute atomic E-state index is 0.341. The van der Waals surface area contributed by atoms with Gasteiger partial charge in [0.05, 0.1) is 11.5 Å². The van der Waals surface area contributed by atoms with Crippen LogP contribution in [-0.2, 0) is 9.84 Å². The van der Waals surface area contributed by atoms with Crippen molar-refractivity contribution in [2.75, 3.05) is 31.1 Å². The lowest BCUT2D eigenvalue weighted by atomic mass is 10.1. The molecule has 2 heterocycles. The Bertz CT molecular complexity index is 354. The molecule has 0 aromatic rings. The first kappa shape index (κ1) is 13.3. The molecule has 4 nitrogen and oxygen atoms in total. The Labute approximate surface area is 105 Å². The lowest BCUT2D eigenvalue weighted by Crippen LogP contribution is -2.37. The van der Waals surface area contributed by atoms with Crippen molar-refractivity contribution in [3.05, 3.63) is 0 Å². The Morgan fingerprint density at radius 3 is 2.65 bits per heavy atom. The molecule has 17 heavy (non-hydrogen) atoms. The fourth-order valence-corrected chi connectivity index (χ4v) is 4.65. The Balaban J connectivity index is 1.70. The quantitative estimate of drug-likeness (QED) is 0.799. The molecule has 0 amide bonds. The highest BCUT2D eigenvalue weighted by molar-refractivity contribution is 7.91. The van der Waals surface area contributed by atoms with Crippen molar-refractivity contribution >= 4 is 9.84 Å². The number of nitrogens with zero attached hydrogens (tertiary/aromatic N) is 1. The molecule has 0 bridgehead atoms. The second-order valence-electron chi connectivity index (χ2n) is 5.75. The van der Waals surface area contributed by atoms with Gasteiger partial charge in [-0.3, -0.25) is 4.90 Å². The van der Waals surface area contributed by atoms with Crippen molar-refractivity contribution < 1.29 is 8.42 Å². The Hall–Kier alpha value is -0.130. The van der Waals surface area contributed by atoms with Gasteiger partial charge in [0.15, 0.2) is 9.84 Å². The van der Waals surface area contributed by atoms with Gasteiger partial charge in [0.2, 0.25) is 0 Å². The molecule has 100 valence electrons. The molecule has 0 spiro atoms. The molecular formula is C12H24N2O2S. The van der Waals surface area contributed by atoms with E-state index in [4.69, 9.17) is 0 Å². The molecule has 0 radical (unpaired) electrons. The van der Waals surface area contributed by atoms with Crippen molar-refractivity contribution in [3.63, 3.8) is 0 Å². The number of hydrogen-bond donors (Lipinski definition) is 1. The first-order chi connectivity index (χ1) is 7.96. The first-order valence-corrected chi connectivity index (χ1v) is 8.46. The predicted octanol–water partition coefficient (Wildman–Crippen LogP) is 0.493. The average molecular weight is 260 g/mol. The summed E-state index contributed by atoms with van der Waals surface area (Å²) in [5, 5.41) is 3.54. The zero-order chi connectivity index (χ0) is 12.5. The topological polar surface area (TPSA) is 49.4 Å². The SMILES string of the molecule is CC(C)N1CCC(NCC2CCS(=O)(=O)C2)C1. The third kappa shape index (κ3) is 3.66. The summed E-state index contributed by atoms with van der Waals surface area (Å²) in [6.07, 6.45) is 2.04. The summed E-state index contributed by atoms with van der Waals surface area (Å²) in [5.74, 6) is 1.12. The lowest BCUT2D eigenvalue weighted by Gasteiger charge is -2.21. The number of nitrogens with one attached hydrogen (secondary N) is 1. The highest BCUT2D eigenvalue weighted by Crippen LogP contribution is 2.18. The van der Waals surface area contributed by atoms with Gasteiger partial charge in [-0.2, -0.15) is 0 Å². The highest BCUT2D eigenvalue weighted by Gasteiger charge is 2.29. The van der Waals surface area contributed by atoms with Crippen LogP contribution in [0.15, 0.2) is 0 Å². The van der Waals surface area contributed by atoms with E-state index in [1.54, 1.807) is 0 Å². The molecule has 0 aromatic heterocycles. The molecule has 0 aliphatic carbocycles. The fraction of sp³-hybridized carbons (Fsp3) is 1.00. The molecule has 2 rings (SSSR count). The summed E-state index contributed by atoms with van der Waals surface area (Å²) >= 11 is 0. The molecule has 0 saturated carbocycles. The van der Waals surface area contributed by atoms with Crippen molar-refractivity contribution in [1.29, 1.82) is 0 Å². The minimum Gasteiger partial charge on any atom is -0.312 e. The standard InChI is InChI=1S/C12H24N2O2S/c1-10(2)14-5-3-12(8-14)13-7-11-4-6-17(15,16)9-11/h10-13H,3-9H2,1-2H3. The van der Waals surface area contributed by atoms with E-state index in [1.807, 2.05) is 0 Å². The van der Waals surface area contributed by atoms with E-state index in [-0.39, 0.29) is 0 Å². The molecule has 2 aliphatic heterocycles. The van der Waals surface area contributed by atoms with Crippen LogP contribution < -0.4 is 5.32 Å². The summed E-state index contributed by atoms with van der Waals surface area (Å²) in [5.41, 5.74) is 0. The van der Waals surface area contributed by atoms with Crippen LogP contribution in [0.5, 0.6) is 0 Å². The smallest absolute Gasteiger partial charge is 0.150 e. The van der Waals surface area contributed by atoms with Crippen LogP contribution in [-0.4, -0.2) is 56.5 Å². The summed E-state index contributed by atoms with van der Waals surface area (Å²) in [4.78, 5) is 2.48. The normalized spacial score (nSPS) is 33.6. The fourth-order valence-electron chi connectivity index (χ4n) is 2.79. The van der Waals surface area contributed by atoms with Crippen LogP contribution in [0, 0.1) is 5.92 Å². The Kier molecular flexibility index (Phi) is 4.10. The van der Waals surface area contributed by atoms with Gasteiger partial charge in [-0.25, -0.2) is 8.42 Å². The Morgan fingerprint density at radius 1 is 1.35 bits per heavy atom. The van der Waals surface area contributed by atoms with Crippen LogP contribution in [0.2, 0.25) is 0 Å². The van der Waals surface area contributed by atoms with E-state index in [0.717, 1.165) is 26.1 Å². The van der Waals surface area contributed by atoms with E-state index >= 15 is 0 Å². The second-order valence-corrected chi connectivity index (χ2v) is 7.98. The van der Waals surface area contributed by atoms with Gasteiger partial charge in [-0.05, 0) is 45.7 Å². The molecule has 2 saturated heterocycles. The van der Waals surface area contributed by atoms with Crippen molar-refractivity contribution in [3.8, 4) is 0 Å². The first-order valence-electron chi connectivity index (χ1n) is 6.64. The Morgan fingerprint density at radius 2 is 2.12 bits per heavy atom. The molecule has 2 aliphatic rings. The average Bonchev–Trinajstić information content (AvgIpc) is 2.81. The molecular weight excluding hydrogens is 236 g/mol. The third-order valence-electron chi connectivity index (χ3n) is 3.97. The minimum atomic E-state index is -2.72. The van der Waals surface area contributed by atoms with Crippen molar-refractivity contribution in [1.82, 2.24) is 10.2 Å². The van der Waals surface area contributed by atoms with Gasteiger partial charge in [0.1, 0.15) is 0 Å². The maximum atomic E-state index is 11.3. The highest BCUT2D eigenvalue weighted by atomic mass is 32.2. The van der Waals surface area contributed by atoms with Crippen LogP contribution in [0.3, 0.4) is 0 Å². The van der Waals surface area contributed by atoms with Gasteiger partial charge < -0.3 is 5.32 Å². The summed E-state index contributed by atoms with van der Waals surface area (Å²) < 4.78 is 22.7. The maximum absolute atomic E-state index is 11.3.